The zero-order chi connectivity index (χ0) is 23.1. The SMILES string of the molecule is COc1ccc(OC)c([C@H](C2=C(O)CC(C)(C)CC2=O)C2C(=O)CC(C)(C)CC2=O)c1. The van der Waals surface area contributed by atoms with E-state index in [2.05, 4.69) is 0 Å². The van der Waals surface area contributed by atoms with Gasteiger partial charge in [-0.05, 0) is 29.0 Å². The molecule has 0 saturated heterocycles. The first-order chi connectivity index (χ1) is 14.4. The first kappa shape index (κ1) is 23.0. The summed E-state index contributed by atoms with van der Waals surface area (Å²) in [6.07, 6.45) is 1.01. The molecule has 6 nitrogen and oxygen atoms in total. The minimum Gasteiger partial charge on any atom is -0.512 e. The lowest BCUT2D eigenvalue weighted by molar-refractivity contribution is -0.140. The van der Waals surface area contributed by atoms with E-state index in [1.165, 1.54) is 14.2 Å². The first-order valence-electron chi connectivity index (χ1n) is 10.6. The molecule has 3 rings (SSSR count). The van der Waals surface area contributed by atoms with Gasteiger partial charge < -0.3 is 14.6 Å². The van der Waals surface area contributed by atoms with Crippen molar-refractivity contribution < 1.29 is 29.0 Å². The molecule has 1 aromatic carbocycles. The Morgan fingerprint density at radius 2 is 1.48 bits per heavy atom. The third-order valence-corrected chi connectivity index (χ3v) is 6.31. The second-order valence-electron chi connectivity index (χ2n) is 10.3. The van der Waals surface area contributed by atoms with Crippen LogP contribution < -0.4 is 9.47 Å². The molecule has 0 aliphatic heterocycles. The molecule has 6 heteroatoms. The van der Waals surface area contributed by atoms with Crippen molar-refractivity contribution in [1.29, 1.82) is 0 Å². The quantitative estimate of drug-likeness (QED) is 0.692. The molecule has 1 fully saturated rings. The second kappa shape index (κ2) is 8.13. The lowest BCUT2D eigenvalue weighted by atomic mass is 9.62. The van der Waals surface area contributed by atoms with Crippen LogP contribution >= 0.6 is 0 Å². The maximum absolute atomic E-state index is 13.3. The maximum Gasteiger partial charge on any atom is 0.163 e. The Bertz CT molecular complexity index is 933. The number of ketones is 3. The number of rotatable bonds is 5. The summed E-state index contributed by atoms with van der Waals surface area (Å²) in [6, 6.07) is 5.10. The maximum atomic E-state index is 13.3. The van der Waals surface area contributed by atoms with E-state index in [0.717, 1.165) is 0 Å². The van der Waals surface area contributed by atoms with Crippen molar-refractivity contribution in [3.05, 3.63) is 35.1 Å². The molecule has 0 heterocycles. The fourth-order valence-corrected chi connectivity index (χ4v) is 5.02. The highest BCUT2D eigenvalue weighted by atomic mass is 16.5. The van der Waals surface area contributed by atoms with Crippen LogP contribution in [0.25, 0.3) is 0 Å². The highest BCUT2D eigenvalue weighted by Crippen LogP contribution is 2.49. The van der Waals surface area contributed by atoms with Crippen molar-refractivity contribution in [1.82, 2.24) is 0 Å². The Labute approximate surface area is 183 Å². The predicted molar refractivity (Wildman–Crippen MR) is 116 cm³/mol. The number of aliphatic hydroxyl groups excluding tert-OH is 1. The van der Waals surface area contributed by atoms with E-state index in [0.29, 0.717) is 23.5 Å². The van der Waals surface area contributed by atoms with Crippen LogP contribution in [-0.4, -0.2) is 36.7 Å². The van der Waals surface area contributed by atoms with Gasteiger partial charge in [-0.25, -0.2) is 0 Å². The monoisotopic (exact) mass is 428 g/mol. The molecular formula is C25H32O6. The number of benzene rings is 1. The topological polar surface area (TPSA) is 89.9 Å². The van der Waals surface area contributed by atoms with Crippen LogP contribution in [0.3, 0.4) is 0 Å². The highest BCUT2D eigenvalue weighted by Gasteiger charge is 2.49. The van der Waals surface area contributed by atoms with Crippen LogP contribution in [0, 0.1) is 16.7 Å². The zero-order valence-corrected chi connectivity index (χ0v) is 19.2. The number of Topliss-reactive ketones (excluding diaryl/α,β-unsaturated/α-hetero) is 3. The molecule has 1 saturated carbocycles. The van der Waals surface area contributed by atoms with Gasteiger partial charge >= 0.3 is 0 Å². The largest absolute Gasteiger partial charge is 0.512 e. The van der Waals surface area contributed by atoms with Gasteiger partial charge in [-0.15, -0.1) is 0 Å². The summed E-state index contributed by atoms with van der Waals surface area (Å²) in [6.45, 7) is 7.62. The van der Waals surface area contributed by atoms with E-state index >= 15 is 0 Å². The molecule has 0 bridgehead atoms. The first-order valence-corrected chi connectivity index (χ1v) is 10.6. The van der Waals surface area contributed by atoms with Crippen molar-refractivity contribution in [2.24, 2.45) is 16.7 Å². The number of hydrogen-bond acceptors (Lipinski definition) is 6. The summed E-state index contributed by atoms with van der Waals surface area (Å²) < 4.78 is 10.9. The van der Waals surface area contributed by atoms with Crippen molar-refractivity contribution in [2.75, 3.05) is 14.2 Å². The summed E-state index contributed by atoms with van der Waals surface area (Å²) in [5, 5.41) is 11.0. The molecule has 0 aromatic heterocycles. The van der Waals surface area contributed by atoms with Gasteiger partial charge in [0.2, 0.25) is 0 Å². The third kappa shape index (κ3) is 4.53. The molecule has 2 aliphatic carbocycles. The number of ether oxygens (including phenoxy) is 2. The molecule has 0 radical (unpaired) electrons. The minimum atomic E-state index is -1.05. The fraction of sp³-hybridized carbons (Fsp3) is 0.560. The van der Waals surface area contributed by atoms with E-state index in [9.17, 15) is 19.5 Å². The molecule has 31 heavy (non-hydrogen) atoms. The minimum absolute atomic E-state index is 0.0541. The van der Waals surface area contributed by atoms with Gasteiger partial charge in [0, 0.05) is 42.7 Å². The molecule has 1 atom stereocenters. The molecule has 1 N–H and O–H groups in total. The van der Waals surface area contributed by atoms with Gasteiger partial charge in [-0.3, -0.25) is 14.4 Å². The fourth-order valence-electron chi connectivity index (χ4n) is 5.02. The van der Waals surface area contributed by atoms with Crippen LogP contribution in [-0.2, 0) is 14.4 Å². The number of hydrogen-bond donors (Lipinski definition) is 1. The van der Waals surface area contributed by atoms with E-state index in [1.807, 2.05) is 27.7 Å². The Kier molecular flexibility index (Phi) is 6.05. The molecule has 2 aliphatic rings. The number of allylic oxidation sites excluding steroid dienone is 2. The van der Waals surface area contributed by atoms with Gasteiger partial charge in [-0.1, -0.05) is 27.7 Å². The van der Waals surface area contributed by atoms with Crippen LogP contribution in [0.15, 0.2) is 29.5 Å². The lowest BCUT2D eigenvalue weighted by Crippen LogP contribution is -2.43. The average molecular weight is 429 g/mol. The van der Waals surface area contributed by atoms with Crippen molar-refractivity contribution in [3.8, 4) is 11.5 Å². The van der Waals surface area contributed by atoms with Crippen LogP contribution in [0.4, 0.5) is 0 Å². The van der Waals surface area contributed by atoms with Crippen LogP contribution in [0.5, 0.6) is 11.5 Å². The number of carbonyl (C=O) groups is 3. The average Bonchev–Trinajstić information content (AvgIpc) is 2.63. The van der Waals surface area contributed by atoms with E-state index in [4.69, 9.17) is 9.47 Å². The Morgan fingerprint density at radius 3 is 2.00 bits per heavy atom. The summed E-state index contributed by atoms with van der Waals surface area (Å²) in [5.41, 5.74) is -0.168. The molecule has 0 spiro atoms. The number of methoxy groups -OCH3 is 2. The van der Waals surface area contributed by atoms with E-state index in [-0.39, 0.29) is 47.9 Å². The zero-order valence-electron chi connectivity index (χ0n) is 19.2. The third-order valence-electron chi connectivity index (χ3n) is 6.31. The second-order valence-corrected chi connectivity index (χ2v) is 10.3. The van der Waals surface area contributed by atoms with Gasteiger partial charge in [-0.2, -0.15) is 0 Å². The number of carbonyl (C=O) groups excluding carboxylic acids is 3. The van der Waals surface area contributed by atoms with Crippen molar-refractivity contribution in [2.45, 2.75) is 59.3 Å². The molecular weight excluding hydrogens is 396 g/mol. The number of aliphatic hydroxyl groups is 1. The standard InChI is InChI=1S/C25H32O6/c1-24(2)10-16(26)22(17(27)11-24)21(15-9-14(30-5)7-8-20(15)31-6)23-18(28)12-25(3,4)13-19(23)29/h7-9,21-22,28H,10-13H2,1-6H3/t21-/m0/s1. The van der Waals surface area contributed by atoms with Crippen LogP contribution in [0.1, 0.15) is 64.9 Å². The van der Waals surface area contributed by atoms with Gasteiger partial charge in [0.05, 0.1) is 20.1 Å². The van der Waals surface area contributed by atoms with E-state index < -0.39 is 22.7 Å². The summed E-state index contributed by atoms with van der Waals surface area (Å²) in [5.74, 6) is -1.73. The highest BCUT2D eigenvalue weighted by molar-refractivity contribution is 6.09. The molecule has 1 aromatic rings. The van der Waals surface area contributed by atoms with Crippen LogP contribution in [0.2, 0.25) is 0 Å². The Balaban J connectivity index is 2.25. The normalized spacial score (nSPS) is 22.5. The summed E-state index contributed by atoms with van der Waals surface area (Å²) in [4.78, 5) is 39.8. The Morgan fingerprint density at radius 1 is 0.903 bits per heavy atom. The summed E-state index contributed by atoms with van der Waals surface area (Å²) in [7, 11) is 3.01. The van der Waals surface area contributed by atoms with Gasteiger partial charge in [0.15, 0.2) is 5.78 Å². The van der Waals surface area contributed by atoms with E-state index in [1.54, 1.807) is 18.2 Å². The van der Waals surface area contributed by atoms with Gasteiger partial charge in [0.25, 0.3) is 0 Å². The lowest BCUT2D eigenvalue weighted by Gasteiger charge is -2.39. The van der Waals surface area contributed by atoms with Crippen molar-refractivity contribution in [3.63, 3.8) is 0 Å². The smallest absolute Gasteiger partial charge is 0.163 e. The predicted octanol–water partition coefficient (Wildman–Crippen LogP) is 4.56. The Hall–Kier alpha value is -2.63. The molecule has 0 amide bonds. The summed E-state index contributed by atoms with van der Waals surface area (Å²) >= 11 is 0. The molecule has 0 unspecified atom stereocenters. The molecule has 168 valence electrons. The van der Waals surface area contributed by atoms with Crippen molar-refractivity contribution >= 4 is 17.3 Å². The van der Waals surface area contributed by atoms with Gasteiger partial charge in [0.1, 0.15) is 28.8 Å².